The van der Waals surface area contributed by atoms with Crippen LogP contribution in [0, 0.1) is 13.8 Å². The number of aryl methyl sites for hydroxylation is 2. The molecule has 2 N–H and O–H groups in total. The highest BCUT2D eigenvalue weighted by molar-refractivity contribution is 7.12. The van der Waals surface area contributed by atoms with Crippen LogP contribution in [0.2, 0.25) is 0 Å². The summed E-state index contributed by atoms with van der Waals surface area (Å²) >= 11 is 1.78. The molecule has 18 heavy (non-hydrogen) atoms. The third kappa shape index (κ3) is 4.78. The fourth-order valence-corrected chi connectivity index (χ4v) is 2.82. The smallest absolute Gasteiger partial charge is 0.234 e. The molecule has 1 amide bonds. The number of rotatable bonds is 4. The summed E-state index contributed by atoms with van der Waals surface area (Å²) in [7, 11) is 0. The van der Waals surface area contributed by atoms with Gasteiger partial charge < -0.3 is 10.6 Å². The Labute approximate surface area is 114 Å². The van der Waals surface area contributed by atoms with Crippen molar-refractivity contribution in [2.75, 3.05) is 6.54 Å². The van der Waals surface area contributed by atoms with Gasteiger partial charge in [0.2, 0.25) is 5.91 Å². The number of thiophene rings is 1. The number of hydrogen-bond donors (Lipinski definition) is 2. The second-order valence-corrected chi connectivity index (χ2v) is 7.22. The molecule has 0 aliphatic rings. The van der Waals surface area contributed by atoms with Crippen LogP contribution in [0.15, 0.2) is 6.07 Å². The molecule has 0 saturated carbocycles. The van der Waals surface area contributed by atoms with Gasteiger partial charge in [0, 0.05) is 15.3 Å². The summed E-state index contributed by atoms with van der Waals surface area (Å²) in [5.41, 5.74) is 1.19. The van der Waals surface area contributed by atoms with Crippen molar-refractivity contribution in [1.29, 1.82) is 0 Å². The van der Waals surface area contributed by atoms with Crippen LogP contribution in [0.1, 0.15) is 49.1 Å². The Bertz CT molecular complexity index is 418. The Kier molecular flexibility index (Phi) is 4.93. The van der Waals surface area contributed by atoms with Crippen LogP contribution in [0.5, 0.6) is 0 Å². The van der Waals surface area contributed by atoms with Crippen LogP contribution < -0.4 is 10.6 Å². The number of amides is 1. The molecule has 1 unspecified atom stereocenters. The Morgan fingerprint density at radius 3 is 2.44 bits per heavy atom. The molecule has 0 aliphatic carbocycles. The van der Waals surface area contributed by atoms with Crippen molar-refractivity contribution < 1.29 is 4.79 Å². The monoisotopic (exact) mass is 268 g/mol. The van der Waals surface area contributed by atoms with Crippen molar-refractivity contribution in [3.8, 4) is 0 Å². The predicted molar refractivity (Wildman–Crippen MR) is 78.1 cm³/mol. The molecule has 3 nitrogen and oxygen atoms in total. The first-order chi connectivity index (χ1) is 8.19. The zero-order valence-electron chi connectivity index (χ0n) is 12.2. The van der Waals surface area contributed by atoms with Crippen molar-refractivity contribution in [3.05, 3.63) is 21.4 Å². The van der Waals surface area contributed by atoms with E-state index >= 15 is 0 Å². The summed E-state index contributed by atoms with van der Waals surface area (Å²) in [4.78, 5) is 14.4. The van der Waals surface area contributed by atoms with E-state index in [2.05, 4.69) is 51.3 Å². The van der Waals surface area contributed by atoms with Crippen LogP contribution in [-0.2, 0) is 4.79 Å². The van der Waals surface area contributed by atoms with Crippen LogP contribution >= 0.6 is 11.3 Å². The first-order valence-corrected chi connectivity index (χ1v) is 7.12. The van der Waals surface area contributed by atoms with E-state index in [0.717, 1.165) is 0 Å². The molecule has 0 radical (unpaired) electrons. The van der Waals surface area contributed by atoms with E-state index in [1.807, 2.05) is 6.92 Å². The Hall–Kier alpha value is -0.870. The van der Waals surface area contributed by atoms with Crippen LogP contribution in [0.4, 0.5) is 0 Å². The summed E-state index contributed by atoms with van der Waals surface area (Å²) < 4.78 is 0. The molecular formula is C14H24N2OS. The summed E-state index contributed by atoms with van der Waals surface area (Å²) in [5.74, 6) is 0.0423. The van der Waals surface area contributed by atoms with E-state index in [1.165, 1.54) is 15.3 Å². The van der Waals surface area contributed by atoms with Crippen molar-refractivity contribution >= 4 is 17.2 Å². The summed E-state index contributed by atoms with van der Waals surface area (Å²) in [6.45, 7) is 12.7. The van der Waals surface area contributed by atoms with Crippen molar-refractivity contribution in [3.63, 3.8) is 0 Å². The SMILES string of the molecule is Cc1cc(C(C)NC(=O)CNC(C)(C)C)c(C)s1. The number of carbonyl (C=O) groups excluding carboxylic acids is 1. The molecule has 0 bridgehead atoms. The summed E-state index contributed by atoms with van der Waals surface area (Å²) in [5, 5.41) is 6.22. The zero-order valence-corrected chi connectivity index (χ0v) is 13.0. The Balaban J connectivity index is 2.52. The number of hydrogen-bond acceptors (Lipinski definition) is 3. The lowest BCUT2D eigenvalue weighted by atomic mass is 10.1. The second kappa shape index (κ2) is 5.85. The van der Waals surface area contributed by atoms with Gasteiger partial charge in [-0.25, -0.2) is 0 Å². The predicted octanol–water partition coefficient (Wildman–Crippen LogP) is 2.93. The highest BCUT2D eigenvalue weighted by atomic mass is 32.1. The Morgan fingerprint density at radius 1 is 1.39 bits per heavy atom. The first-order valence-electron chi connectivity index (χ1n) is 6.30. The quantitative estimate of drug-likeness (QED) is 0.881. The maximum Gasteiger partial charge on any atom is 0.234 e. The molecule has 0 spiro atoms. The molecule has 1 rings (SSSR count). The lowest BCUT2D eigenvalue weighted by Gasteiger charge is -2.21. The summed E-state index contributed by atoms with van der Waals surface area (Å²) in [6, 6.07) is 2.23. The maximum absolute atomic E-state index is 11.8. The lowest BCUT2D eigenvalue weighted by Crippen LogP contribution is -2.43. The van der Waals surface area contributed by atoms with E-state index in [9.17, 15) is 4.79 Å². The molecule has 102 valence electrons. The van der Waals surface area contributed by atoms with Gasteiger partial charge in [-0.3, -0.25) is 4.79 Å². The van der Waals surface area contributed by atoms with Gasteiger partial charge in [0.15, 0.2) is 0 Å². The van der Waals surface area contributed by atoms with Gasteiger partial charge in [-0.15, -0.1) is 11.3 Å². The van der Waals surface area contributed by atoms with Crippen LogP contribution in [-0.4, -0.2) is 18.0 Å². The highest BCUT2D eigenvalue weighted by Crippen LogP contribution is 2.25. The average molecular weight is 268 g/mol. The molecule has 1 aromatic rings. The van der Waals surface area contributed by atoms with E-state index in [0.29, 0.717) is 6.54 Å². The summed E-state index contributed by atoms with van der Waals surface area (Å²) in [6.07, 6.45) is 0. The van der Waals surface area contributed by atoms with Gasteiger partial charge in [-0.1, -0.05) is 0 Å². The van der Waals surface area contributed by atoms with Gasteiger partial charge in [0.1, 0.15) is 0 Å². The van der Waals surface area contributed by atoms with Gasteiger partial charge in [-0.05, 0) is 53.2 Å². The molecule has 1 aromatic heterocycles. The fourth-order valence-electron chi connectivity index (χ4n) is 1.80. The van der Waals surface area contributed by atoms with Crippen molar-refractivity contribution in [2.45, 2.75) is 53.1 Å². The normalized spacial score (nSPS) is 13.4. The molecule has 0 aliphatic heterocycles. The van der Waals surface area contributed by atoms with Gasteiger partial charge in [0.25, 0.3) is 0 Å². The van der Waals surface area contributed by atoms with Crippen molar-refractivity contribution in [2.24, 2.45) is 0 Å². The fraction of sp³-hybridized carbons (Fsp3) is 0.643. The number of nitrogens with one attached hydrogen (secondary N) is 2. The molecule has 0 aromatic carbocycles. The van der Waals surface area contributed by atoms with E-state index in [4.69, 9.17) is 0 Å². The molecular weight excluding hydrogens is 244 g/mol. The second-order valence-electron chi connectivity index (χ2n) is 5.76. The minimum absolute atomic E-state index is 0.0323. The highest BCUT2D eigenvalue weighted by Gasteiger charge is 2.15. The van der Waals surface area contributed by atoms with Gasteiger partial charge >= 0.3 is 0 Å². The van der Waals surface area contributed by atoms with Crippen LogP contribution in [0.3, 0.4) is 0 Å². The topological polar surface area (TPSA) is 41.1 Å². The van der Waals surface area contributed by atoms with Crippen LogP contribution in [0.25, 0.3) is 0 Å². The average Bonchev–Trinajstić information content (AvgIpc) is 2.54. The minimum atomic E-state index is -0.0323. The standard InChI is InChI=1S/C14H24N2OS/c1-9-7-12(11(3)18-9)10(2)16-13(17)8-15-14(4,5)6/h7,10,15H,8H2,1-6H3,(H,16,17). The largest absolute Gasteiger partial charge is 0.348 e. The molecule has 1 atom stereocenters. The molecule has 0 fully saturated rings. The molecule has 1 heterocycles. The van der Waals surface area contributed by atoms with E-state index in [-0.39, 0.29) is 17.5 Å². The van der Waals surface area contributed by atoms with E-state index in [1.54, 1.807) is 11.3 Å². The van der Waals surface area contributed by atoms with Crippen molar-refractivity contribution in [1.82, 2.24) is 10.6 Å². The molecule has 0 saturated heterocycles. The van der Waals surface area contributed by atoms with Gasteiger partial charge in [0.05, 0.1) is 12.6 Å². The zero-order chi connectivity index (χ0) is 13.9. The third-order valence-electron chi connectivity index (χ3n) is 2.70. The first kappa shape index (κ1) is 15.2. The maximum atomic E-state index is 11.8. The number of carbonyl (C=O) groups is 1. The third-order valence-corrected chi connectivity index (χ3v) is 3.68. The molecule has 4 heteroatoms. The Morgan fingerprint density at radius 2 is 2.00 bits per heavy atom. The van der Waals surface area contributed by atoms with E-state index < -0.39 is 0 Å². The lowest BCUT2D eigenvalue weighted by molar-refractivity contribution is -0.121. The van der Waals surface area contributed by atoms with Gasteiger partial charge in [-0.2, -0.15) is 0 Å². The minimum Gasteiger partial charge on any atom is -0.348 e.